The molecule has 1 aliphatic rings. The van der Waals surface area contributed by atoms with E-state index in [1.54, 1.807) is 66.9 Å². The molecule has 210 valence electrons. The monoisotopic (exact) mass is 548 g/mol. The van der Waals surface area contributed by atoms with Gasteiger partial charge in [0.2, 0.25) is 5.91 Å². The van der Waals surface area contributed by atoms with Gasteiger partial charge in [-0.3, -0.25) is 25.2 Å². The maximum atomic E-state index is 15.0. The quantitative estimate of drug-likeness (QED) is 0.530. The SMILES string of the molecule is CC(C)(C)OC(=O)N1CCC(C(=O)N(Cc2ccc(C(=O)NNC(=O)C(F)F)cc2F)c2ccccc2)CC1. The number of rotatable bonds is 6. The Hall–Kier alpha value is -4.09. The number of hydrogen-bond donors (Lipinski definition) is 2. The van der Waals surface area contributed by atoms with Crippen LogP contribution in [0.1, 0.15) is 49.5 Å². The molecule has 1 aliphatic heterocycles. The standard InChI is InChI=1S/C27H31F3N4O5/c1-27(2,3)39-26(38)33-13-11-17(12-14-33)25(37)34(20-7-5-4-6-8-20)16-19-10-9-18(15-21(19)28)23(35)31-32-24(36)22(29)30/h4-10,15,17,22H,11-14,16H2,1-3H3,(H,31,35)(H,32,36). The predicted molar refractivity (Wildman–Crippen MR) is 136 cm³/mol. The van der Waals surface area contributed by atoms with E-state index in [1.807, 2.05) is 0 Å². The number of nitrogens with zero attached hydrogens (tertiary/aromatic N) is 2. The van der Waals surface area contributed by atoms with Crippen LogP contribution in [-0.4, -0.2) is 53.8 Å². The summed E-state index contributed by atoms with van der Waals surface area (Å²) in [7, 11) is 0. The molecule has 0 radical (unpaired) electrons. The Kier molecular flexibility index (Phi) is 9.55. The molecule has 0 bridgehead atoms. The molecule has 0 aromatic heterocycles. The fourth-order valence-electron chi connectivity index (χ4n) is 3.99. The number of amides is 4. The molecule has 12 heteroatoms. The second-order valence-corrected chi connectivity index (χ2v) is 10.1. The number of hydrazine groups is 1. The molecule has 0 spiro atoms. The molecule has 9 nitrogen and oxygen atoms in total. The first kappa shape index (κ1) is 29.5. The zero-order valence-corrected chi connectivity index (χ0v) is 21.9. The lowest BCUT2D eigenvalue weighted by Crippen LogP contribution is -2.46. The van der Waals surface area contributed by atoms with E-state index in [-0.39, 0.29) is 23.6 Å². The molecule has 1 heterocycles. The topological polar surface area (TPSA) is 108 Å². The van der Waals surface area contributed by atoms with Crippen LogP contribution in [0.15, 0.2) is 48.5 Å². The van der Waals surface area contributed by atoms with E-state index in [2.05, 4.69) is 0 Å². The zero-order valence-electron chi connectivity index (χ0n) is 21.9. The van der Waals surface area contributed by atoms with Gasteiger partial charge in [-0.25, -0.2) is 9.18 Å². The van der Waals surface area contributed by atoms with Gasteiger partial charge in [0.25, 0.3) is 5.91 Å². The Bertz CT molecular complexity index is 1200. The maximum Gasteiger partial charge on any atom is 0.410 e. The van der Waals surface area contributed by atoms with Crippen molar-refractivity contribution in [1.29, 1.82) is 0 Å². The van der Waals surface area contributed by atoms with Gasteiger partial charge < -0.3 is 14.5 Å². The number of para-hydroxylation sites is 1. The summed E-state index contributed by atoms with van der Waals surface area (Å²) in [6, 6.07) is 12.2. The second-order valence-electron chi connectivity index (χ2n) is 10.1. The van der Waals surface area contributed by atoms with Gasteiger partial charge in [0.05, 0.1) is 6.54 Å². The van der Waals surface area contributed by atoms with E-state index in [0.29, 0.717) is 31.6 Å². The highest BCUT2D eigenvalue weighted by Crippen LogP contribution is 2.27. The molecule has 0 unspecified atom stereocenters. The van der Waals surface area contributed by atoms with Crippen molar-refractivity contribution in [3.8, 4) is 0 Å². The number of carbonyl (C=O) groups is 4. The summed E-state index contributed by atoms with van der Waals surface area (Å²) in [5.74, 6) is -4.12. The Morgan fingerprint density at radius 2 is 1.67 bits per heavy atom. The van der Waals surface area contributed by atoms with E-state index in [4.69, 9.17) is 4.74 Å². The Morgan fingerprint density at radius 3 is 2.23 bits per heavy atom. The Labute approximate surface area is 224 Å². The van der Waals surface area contributed by atoms with Gasteiger partial charge in [-0.2, -0.15) is 8.78 Å². The van der Waals surface area contributed by atoms with Crippen molar-refractivity contribution in [1.82, 2.24) is 15.8 Å². The summed E-state index contributed by atoms with van der Waals surface area (Å²) in [5.41, 5.74) is 3.16. The molecular formula is C27H31F3N4O5. The molecule has 2 aromatic rings. The van der Waals surface area contributed by atoms with Crippen molar-refractivity contribution in [2.75, 3.05) is 18.0 Å². The number of benzene rings is 2. The fraction of sp³-hybridized carbons (Fsp3) is 0.407. The number of likely N-dealkylation sites (tertiary alicyclic amines) is 1. The third kappa shape index (κ3) is 8.20. The van der Waals surface area contributed by atoms with Gasteiger partial charge in [-0.15, -0.1) is 0 Å². The van der Waals surface area contributed by atoms with Crippen molar-refractivity contribution < 1.29 is 37.1 Å². The van der Waals surface area contributed by atoms with Crippen LogP contribution in [0.25, 0.3) is 0 Å². The lowest BCUT2D eigenvalue weighted by Gasteiger charge is -2.35. The second kappa shape index (κ2) is 12.6. The molecule has 4 amide bonds. The molecule has 1 fully saturated rings. The van der Waals surface area contributed by atoms with Crippen molar-refractivity contribution in [3.63, 3.8) is 0 Å². The third-order valence-electron chi connectivity index (χ3n) is 5.97. The number of halogens is 3. The van der Waals surface area contributed by atoms with E-state index >= 15 is 4.39 Å². The molecule has 1 saturated heterocycles. The van der Waals surface area contributed by atoms with Crippen LogP contribution in [0, 0.1) is 11.7 Å². The molecular weight excluding hydrogens is 517 g/mol. The largest absolute Gasteiger partial charge is 0.444 e. The average molecular weight is 549 g/mol. The van der Waals surface area contributed by atoms with Crippen molar-refractivity contribution in [2.24, 2.45) is 5.92 Å². The molecule has 2 N–H and O–H groups in total. The van der Waals surface area contributed by atoms with Gasteiger partial charge in [0.1, 0.15) is 11.4 Å². The number of ether oxygens (including phenoxy) is 1. The molecule has 0 saturated carbocycles. The average Bonchev–Trinajstić information content (AvgIpc) is 2.90. The van der Waals surface area contributed by atoms with E-state index in [1.165, 1.54) is 17.0 Å². The van der Waals surface area contributed by atoms with Crippen LogP contribution in [0.3, 0.4) is 0 Å². The van der Waals surface area contributed by atoms with Crippen LogP contribution in [0.4, 0.5) is 23.7 Å². The third-order valence-corrected chi connectivity index (χ3v) is 5.97. The van der Waals surface area contributed by atoms with Crippen molar-refractivity contribution in [3.05, 3.63) is 65.5 Å². The summed E-state index contributed by atoms with van der Waals surface area (Å²) in [6.07, 6.45) is -2.94. The summed E-state index contributed by atoms with van der Waals surface area (Å²) >= 11 is 0. The first-order valence-corrected chi connectivity index (χ1v) is 12.4. The minimum atomic E-state index is -3.32. The van der Waals surface area contributed by atoms with Crippen molar-refractivity contribution in [2.45, 2.75) is 52.2 Å². The molecule has 0 aliphatic carbocycles. The summed E-state index contributed by atoms with van der Waals surface area (Å²) in [5, 5.41) is 0. The zero-order chi connectivity index (χ0) is 28.7. The molecule has 39 heavy (non-hydrogen) atoms. The van der Waals surface area contributed by atoms with E-state index in [0.717, 1.165) is 6.07 Å². The van der Waals surface area contributed by atoms with Crippen LogP contribution < -0.4 is 15.8 Å². The van der Waals surface area contributed by atoms with Gasteiger partial charge >= 0.3 is 18.4 Å². The summed E-state index contributed by atoms with van der Waals surface area (Å²) in [4.78, 5) is 52.1. The van der Waals surface area contributed by atoms with Gasteiger partial charge in [-0.05, 0) is 57.9 Å². The van der Waals surface area contributed by atoms with E-state index < -0.39 is 41.7 Å². The summed E-state index contributed by atoms with van der Waals surface area (Å²) < 4.78 is 45.0. The highest BCUT2D eigenvalue weighted by Gasteiger charge is 2.33. The predicted octanol–water partition coefficient (Wildman–Crippen LogP) is 4.03. The normalized spacial score (nSPS) is 14.1. The highest BCUT2D eigenvalue weighted by atomic mass is 19.3. The number of carbonyl (C=O) groups excluding carboxylic acids is 4. The molecule has 0 atom stereocenters. The first-order valence-electron chi connectivity index (χ1n) is 12.4. The Balaban J connectivity index is 1.72. The lowest BCUT2D eigenvalue weighted by molar-refractivity contribution is -0.132. The minimum absolute atomic E-state index is 0.117. The van der Waals surface area contributed by atoms with Crippen LogP contribution in [0.5, 0.6) is 0 Å². The summed E-state index contributed by atoms with van der Waals surface area (Å²) in [6.45, 7) is 5.89. The number of piperidine rings is 1. The van der Waals surface area contributed by atoms with Gasteiger partial charge in [0, 0.05) is 35.8 Å². The number of nitrogens with one attached hydrogen (secondary N) is 2. The van der Waals surface area contributed by atoms with Gasteiger partial charge in [0.15, 0.2) is 0 Å². The minimum Gasteiger partial charge on any atom is -0.444 e. The smallest absolute Gasteiger partial charge is 0.410 e. The lowest BCUT2D eigenvalue weighted by atomic mass is 9.94. The van der Waals surface area contributed by atoms with Crippen LogP contribution >= 0.6 is 0 Å². The fourth-order valence-corrected chi connectivity index (χ4v) is 3.99. The molecule has 3 rings (SSSR count). The number of alkyl halides is 2. The number of anilines is 1. The van der Waals surface area contributed by atoms with E-state index in [9.17, 15) is 28.0 Å². The molecule has 2 aromatic carbocycles. The number of hydrogen-bond acceptors (Lipinski definition) is 5. The van der Waals surface area contributed by atoms with Gasteiger partial charge in [-0.1, -0.05) is 24.3 Å². The first-order chi connectivity index (χ1) is 18.4. The highest BCUT2D eigenvalue weighted by molar-refractivity contribution is 5.96. The van der Waals surface area contributed by atoms with Crippen molar-refractivity contribution >= 4 is 29.5 Å². The van der Waals surface area contributed by atoms with Crippen LogP contribution in [0.2, 0.25) is 0 Å². The maximum absolute atomic E-state index is 15.0. The van der Waals surface area contributed by atoms with Crippen LogP contribution in [-0.2, 0) is 20.9 Å². The Morgan fingerprint density at radius 1 is 1.03 bits per heavy atom.